The Kier molecular flexibility index (Phi) is 5.05. The van der Waals surface area contributed by atoms with E-state index in [2.05, 4.69) is 13.8 Å². The van der Waals surface area contributed by atoms with Gasteiger partial charge in [0.05, 0.1) is 0 Å². The normalized spacial score (nSPS) is 46.6. The number of fused-ring (bicyclic) bond motifs is 5. The maximum Gasteiger partial charge on any atom is 0.306 e. The van der Waals surface area contributed by atoms with Gasteiger partial charge in [-0.3, -0.25) is 9.59 Å². The lowest BCUT2D eigenvalue weighted by Crippen LogP contribution is -2.49. The van der Waals surface area contributed by atoms with Crippen molar-refractivity contribution in [1.29, 1.82) is 0 Å². The summed E-state index contributed by atoms with van der Waals surface area (Å²) in [6, 6.07) is 0. The second-order valence-corrected chi connectivity index (χ2v) is 10.3. The third-order valence-corrected chi connectivity index (χ3v) is 9.22. The van der Waals surface area contributed by atoms with Gasteiger partial charge < -0.3 is 9.84 Å². The molecule has 0 aromatic heterocycles. The van der Waals surface area contributed by atoms with Gasteiger partial charge in [0.2, 0.25) is 0 Å². The Balaban J connectivity index is 1.58. The highest BCUT2D eigenvalue weighted by molar-refractivity contribution is 5.71. The summed E-state index contributed by atoms with van der Waals surface area (Å²) in [5.74, 6) is 1.94. The summed E-state index contributed by atoms with van der Waals surface area (Å²) < 4.78 is 6.22. The van der Waals surface area contributed by atoms with E-state index in [1.54, 1.807) is 0 Å². The Morgan fingerprint density at radius 3 is 2.70 bits per heavy atom. The first-order valence-corrected chi connectivity index (χ1v) is 11.3. The van der Waals surface area contributed by atoms with E-state index in [0.29, 0.717) is 41.9 Å². The zero-order chi connectivity index (χ0) is 19.2. The lowest BCUT2D eigenvalue weighted by molar-refractivity contribution is -0.165. The molecule has 0 radical (unpaired) electrons. The van der Waals surface area contributed by atoms with E-state index in [0.717, 1.165) is 25.2 Å². The molecule has 0 amide bonds. The SMILES string of the molecule is CC12CCCCC1CCC1C2CC(=O)OC2(C)C(CCCC(=O)O)CCC12. The minimum absolute atomic E-state index is 0.00702. The fourth-order valence-corrected chi connectivity index (χ4v) is 7.79. The van der Waals surface area contributed by atoms with E-state index >= 15 is 0 Å². The van der Waals surface area contributed by atoms with Crippen molar-refractivity contribution in [2.75, 3.05) is 0 Å². The van der Waals surface area contributed by atoms with Crippen LogP contribution in [0.25, 0.3) is 0 Å². The fraction of sp³-hybridized carbons (Fsp3) is 0.913. The van der Waals surface area contributed by atoms with Crippen LogP contribution in [0.4, 0.5) is 0 Å². The van der Waals surface area contributed by atoms with Crippen LogP contribution < -0.4 is 0 Å². The Bertz CT molecular complexity index is 601. The summed E-state index contributed by atoms with van der Waals surface area (Å²) in [6.07, 6.45) is 12.5. The highest BCUT2D eigenvalue weighted by atomic mass is 16.6. The van der Waals surface area contributed by atoms with Gasteiger partial charge in [0.25, 0.3) is 0 Å². The van der Waals surface area contributed by atoms with Gasteiger partial charge in [0, 0.05) is 18.8 Å². The number of esters is 1. The molecule has 1 saturated heterocycles. The van der Waals surface area contributed by atoms with E-state index in [1.165, 1.54) is 38.5 Å². The lowest BCUT2D eigenvalue weighted by atomic mass is 9.49. The molecule has 0 bridgehead atoms. The van der Waals surface area contributed by atoms with Crippen LogP contribution in [0.1, 0.15) is 90.9 Å². The highest BCUT2D eigenvalue weighted by Crippen LogP contribution is 2.63. The minimum Gasteiger partial charge on any atom is -0.481 e. The van der Waals surface area contributed by atoms with Crippen molar-refractivity contribution < 1.29 is 19.4 Å². The van der Waals surface area contributed by atoms with Gasteiger partial charge in [0.1, 0.15) is 5.60 Å². The van der Waals surface area contributed by atoms with Crippen LogP contribution in [0.5, 0.6) is 0 Å². The summed E-state index contributed by atoms with van der Waals surface area (Å²) in [5, 5.41) is 8.98. The van der Waals surface area contributed by atoms with Gasteiger partial charge in [-0.2, -0.15) is 0 Å². The topological polar surface area (TPSA) is 63.6 Å². The number of carbonyl (C=O) groups excluding carboxylic acids is 1. The second-order valence-electron chi connectivity index (χ2n) is 10.3. The molecule has 0 aromatic rings. The first-order valence-electron chi connectivity index (χ1n) is 11.3. The molecule has 3 aliphatic carbocycles. The van der Waals surface area contributed by atoms with Gasteiger partial charge in [-0.05, 0) is 87.4 Å². The van der Waals surface area contributed by atoms with Gasteiger partial charge >= 0.3 is 11.9 Å². The second kappa shape index (κ2) is 7.08. The van der Waals surface area contributed by atoms with E-state index in [-0.39, 0.29) is 18.0 Å². The first kappa shape index (κ1) is 19.3. The molecule has 3 saturated carbocycles. The van der Waals surface area contributed by atoms with E-state index in [1.807, 2.05) is 0 Å². The van der Waals surface area contributed by atoms with Crippen molar-refractivity contribution in [3.8, 4) is 0 Å². The molecule has 4 nitrogen and oxygen atoms in total. The zero-order valence-electron chi connectivity index (χ0n) is 17.0. The highest BCUT2D eigenvalue weighted by Gasteiger charge is 2.60. The van der Waals surface area contributed by atoms with E-state index in [9.17, 15) is 9.59 Å². The molecule has 4 heteroatoms. The monoisotopic (exact) mass is 376 g/mol. The van der Waals surface area contributed by atoms with Crippen LogP contribution in [-0.4, -0.2) is 22.6 Å². The molecule has 4 rings (SSSR count). The number of aliphatic carboxylic acids is 1. The van der Waals surface area contributed by atoms with Gasteiger partial charge in [-0.25, -0.2) is 0 Å². The molecule has 0 aromatic carbocycles. The third kappa shape index (κ3) is 3.21. The largest absolute Gasteiger partial charge is 0.481 e. The van der Waals surface area contributed by atoms with Crippen molar-refractivity contribution in [3.05, 3.63) is 0 Å². The Hall–Kier alpha value is -1.06. The van der Waals surface area contributed by atoms with Crippen LogP contribution >= 0.6 is 0 Å². The van der Waals surface area contributed by atoms with Crippen molar-refractivity contribution >= 4 is 11.9 Å². The smallest absolute Gasteiger partial charge is 0.306 e. The number of carboxylic acids is 1. The molecule has 152 valence electrons. The van der Waals surface area contributed by atoms with Crippen molar-refractivity contribution in [3.63, 3.8) is 0 Å². The number of hydrogen-bond donors (Lipinski definition) is 1. The molecular weight excluding hydrogens is 340 g/mol. The predicted octanol–water partition coefficient (Wildman–Crippen LogP) is 5.20. The molecule has 4 fully saturated rings. The van der Waals surface area contributed by atoms with Crippen molar-refractivity contribution in [1.82, 2.24) is 0 Å². The molecular formula is C23H36O4. The van der Waals surface area contributed by atoms with E-state index in [4.69, 9.17) is 9.84 Å². The van der Waals surface area contributed by atoms with Crippen molar-refractivity contribution in [2.24, 2.45) is 35.0 Å². The predicted molar refractivity (Wildman–Crippen MR) is 103 cm³/mol. The van der Waals surface area contributed by atoms with Crippen LogP contribution in [0.3, 0.4) is 0 Å². The molecule has 1 aliphatic heterocycles. The lowest BCUT2D eigenvalue weighted by Gasteiger charge is -2.55. The molecule has 1 heterocycles. The summed E-state index contributed by atoms with van der Waals surface area (Å²) in [4.78, 5) is 23.8. The molecule has 4 aliphatic rings. The summed E-state index contributed by atoms with van der Waals surface area (Å²) in [6.45, 7) is 4.65. The van der Waals surface area contributed by atoms with Crippen LogP contribution in [0.15, 0.2) is 0 Å². The quantitative estimate of drug-likeness (QED) is 0.685. The van der Waals surface area contributed by atoms with Gasteiger partial charge in [0.15, 0.2) is 0 Å². The van der Waals surface area contributed by atoms with Crippen molar-refractivity contribution in [2.45, 2.75) is 96.5 Å². The molecule has 7 atom stereocenters. The molecule has 1 N–H and O–H groups in total. The van der Waals surface area contributed by atoms with Crippen LogP contribution in [0.2, 0.25) is 0 Å². The Labute approximate surface area is 163 Å². The third-order valence-electron chi connectivity index (χ3n) is 9.22. The standard InChI is InChI=1S/C23H36O4/c1-22-13-4-3-6-15(22)9-11-17-18-12-10-16(7-5-8-20(24)25)23(18,2)27-21(26)14-19(17)22/h15-19H,3-14H2,1-2H3,(H,24,25). The zero-order valence-corrected chi connectivity index (χ0v) is 17.0. The van der Waals surface area contributed by atoms with Gasteiger partial charge in [-0.15, -0.1) is 0 Å². The summed E-state index contributed by atoms with van der Waals surface area (Å²) in [5.41, 5.74) is -0.0697. The maximum absolute atomic E-state index is 12.9. The van der Waals surface area contributed by atoms with Crippen LogP contribution in [-0.2, 0) is 14.3 Å². The first-order chi connectivity index (χ1) is 12.8. The summed E-state index contributed by atoms with van der Waals surface area (Å²) >= 11 is 0. The minimum atomic E-state index is -0.726. The molecule has 7 unspecified atom stereocenters. The van der Waals surface area contributed by atoms with Gasteiger partial charge in [-0.1, -0.05) is 19.8 Å². The number of carbonyl (C=O) groups is 2. The maximum atomic E-state index is 12.9. The number of carboxylic acid groups (broad SMARTS) is 1. The number of ether oxygens (including phenoxy) is 1. The number of rotatable bonds is 4. The Morgan fingerprint density at radius 1 is 1.11 bits per heavy atom. The fourth-order valence-electron chi connectivity index (χ4n) is 7.79. The number of hydrogen-bond acceptors (Lipinski definition) is 3. The van der Waals surface area contributed by atoms with E-state index < -0.39 is 5.97 Å². The molecule has 27 heavy (non-hydrogen) atoms. The van der Waals surface area contributed by atoms with Crippen LogP contribution in [0, 0.1) is 35.0 Å². The average molecular weight is 377 g/mol. The Morgan fingerprint density at radius 2 is 1.93 bits per heavy atom. The summed E-state index contributed by atoms with van der Waals surface area (Å²) in [7, 11) is 0. The average Bonchev–Trinajstić information content (AvgIpc) is 2.85. The molecule has 0 spiro atoms.